The summed E-state index contributed by atoms with van der Waals surface area (Å²) >= 11 is 3.90. The molecule has 6 heteroatoms. The SMILES string of the molecule is O=S(=O)(CCS)N1CCOCC1. The zero-order chi connectivity index (χ0) is 9.03. The third-order valence-corrected chi connectivity index (χ3v) is 4.11. The lowest BCUT2D eigenvalue weighted by atomic mass is 10.5. The van der Waals surface area contributed by atoms with Crippen LogP contribution in [0.15, 0.2) is 0 Å². The van der Waals surface area contributed by atoms with E-state index in [1.165, 1.54) is 4.31 Å². The summed E-state index contributed by atoms with van der Waals surface area (Å²) in [7, 11) is -3.06. The summed E-state index contributed by atoms with van der Waals surface area (Å²) in [4.78, 5) is 0. The molecule has 1 saturated heterocycles. The van der Waals surface area contributed by atoms with Crippen LogP contribution in [-0.2, 0) is 14.8 Å². The predicted molar refractivity (Wildman–Crippen MR) is 50.0 cm³/mol. The van der Waals surface area contributed by atoms with Crippen molar-refractivity contribution in [3.05, 3.63) is 0 Å². The molecular weight excluding hydrogens is 198 g/mol. The molecule has 0 spiro atoms. The van der Waals surface area contributed by atoms with Crippen molar-refractivity contribution in [3.63, 3.8) is 0 Å². The van der Waals surface area contributed by atoms with Gasteiger partial charge in [-0.05, 0) is 0 Å². The molecular formula is C6H13NO3S2. The van der Waals surface area contributed by atoms with Gasteiger partial charge in [0.15, 0.2) is 0 Å². The molecule has 0 N–H and O–H groups in total. The highest BCUT2D eigenvalue weighted by atomic mass is 32.2. The molecule has 0 aromatic carbocycles. The fraction of sp³-hybridized carbons (Fsp3) is 1.00. The van der Waals surface area contributed by atoms with Crippen LogP contribution in [0.4, 0.5) is 0 Å². The average molecular weight is 211 g/mol. The molecule has 0 amide bonds. The van der Waals surface area contributed by atoms with Gasteiger partial charge in [0.05, 0.1) is 19.0 Å². The first-order valence-corrected chi connectivity index (χ1v) is 6.07. The Labute approximate surface area is 78.3 Å². The molecule has 0 unspecified atom stereocenters. The molecule has 1 heterocycles. The lowest BCUT2D eigenvalue weighted by molar-refractivity contribution is 0.0731. The lowest BCUT2D eigenvalue weighted by Crippen LogP contribution is -2.42. The molecule has 1 fully saturated rings. The van der Waals surface area contributed by atoms with Crippen LogP contribution in [-0.4, -0.2) is 50.5 Å². The Morgan fingerprint density at radius 3 is 2.42 bits per heavy atom. The van der Waals surface area contributed by atoms with Gasteiger partial charge < -0.3 is 4.74 Å². The van der Waals surface area contributed by atoms with E-state index in [0.29, 0.717) is 32.1 Å². The highest BCUT2D eigenvalue weighted by molar-refractivity contribution is 7.90. The molecule has 4 nitrogen and oxygen atoms in total. The summed E-state index contributed by atoms with van der Waals surface area (Å²) in [5, 5.41) is 0. The second-order valence-corrected chi connectivity index (χ2v) is 5.09. The van der Waals surface area contributed by atoms with Crippen molar-refractivity contribution >= 4 is 22.7 Å². The van der Waals surface area contributed by atoms with Crippen LogP contribution in [0, 0.1) is 0 Å². The van der Waals surface area contributed by atoms with Crippen molar-refractivity contribution in [3.8, 4) is 0 Å². The molecule has 0 aromatic rings. The Hall–Kier alpha value is 0.220. The van der Waals surface area contributed by atoms with Gasteiger partial charge in [-0.25, -0.2) is 8.42 Å². The fourth-order valence-electron chi connectivity index (χ4n) is 1.07. The summed E-state index contributed by atoms with van der Waals surface area (Å²) in [5.41, 5.74) is 0. The van der Waals surface area contributed by atoms with E-state index in [4.69, 9.17) is 4.74 Å². The van der Waals surface area contributed by atoms with Crippen LogP contribution in [0.25, 0.3) is 0 Å². The predicted octanol–water partition coefficient (Wildman–Crippen LogP) is -0.422. The number of hydrogen-bond donors (Lipinski definition) is 1. The van der Waals surface area contributed by atoms with Gasteiger partial charge in [-0.2, -0.15) is 16.9 Å². The largest absolute Gasteiger partial charge is 0.379 e. The Kier molecular flexibility index (Phi) is 3.82. The molecule has 1 aliphatic rings. The van der Waals surface area contributed by atoms with E-state index in [0.717, 1.165) is 0 Å². The maximum atomic E-state index is 11.4. The van der Waals surface area contributed by atoms with Gasteiger partial charge >= 0.3 is 0 Å². The van der Waals surface area contributed by atoms with Crippen molar-refractivity contribution in [2.75, 3.05) is 37.8 Å². The maximum absolute atomic E-state index is 11.4. The van der Waals surface area contributed by atoms with Gasteiger partial charge in [0.25, 0.3) is 0 Å². The molecule has 0 aromatic heterocycles. The van der Waals surface area contributed by atoms with Gasteiger partial charge in [-0.1, -0.05) is 0 Å². The zero-order valence-electron chi connectivity index (χ0n) is 6.77. The normalized spacial score (nSPS) is 21.1. The van der Waals surface area contributed by atoms with Gasteiger partial charge in [0, 0.05) is 18.8 Å². The standard InChI is InChI=1S/C6H13NO3S2/c8-12(9,6-5-11)7-1-3-10-4-2-7/h11H,1-6H2. The van der Waals surface area contributed by atoms with Crippen LogP contribution in [0.5, 0.6) is 0 Å². The number of morpholine rings is 1. The molecule has 0 aliphatic carbocycles. The molecule has 1 rings (SSSR count). The monoisotopic (exact) mass is 211 g/mol. The summed E-state index contributed by atoms with van der Waals surface area (Å²) in [5.74, 6) is 0.496. The van der Waals surface area contributed by atoms with E-state index < -0.39 is 10.0 Å². The smallest absolute Gasteiger partial charge is 0.215 e. The first kappa shape index (κ1) is 10.3. The second-order valence-electron chi connectivity index (χ2n) is 2.55. The third kappa shape index (κ3) is 2.62. The molecule has 1 aliphatic heterocycles. The minimum Gasteiger partial charge on any atom is -0.379 e. The van der Waals surface area contributed by atoms with Gasteiger partial charge in [-0.15, -0.1) is 0 Å². The number of ether oxygens (including phenoxy) is 1. The van der Waals surface area contributed by atoms with Crippen LogP contribution in [0.1, 0.15) is 0 Å². The van der Waals surface area contributed by atoms with Crippen molar-refractivity contribution in [1.29, 1.82) is 0 Å². The van der Waals surface area contributed by atoms with Gasteiger partial charge in [0.1, 0.15) is 0 Å². The molecule has 0 atom stereocenters. The third-order valence-electron chi connectivity index (χ3n) is 1.71. The number of hydrogen-bond acceptors (Lipinski definition) is 4. The van der Waals surface area contributed by atoms with E-state index >= 15 is 0 Å². The minimum absolute atomic E-state index is 0.121. The van der Waals surface area contributed by atoms with E-state index in [1.54, 1.807) is 0 Å². The summed E-state index contributed by atoms with van der Waals surface area (Å²) in [6, 6.07) is 0. The Morgan fingerprint density at radius 2 is 1.92 bits per heavy atom. The molecule has 12 heavy (non-hydrogen) atoms. The number of rotatable bonds is 3. The molecule has 0 bridgehead atoms. The number of nitrogens with zero attached hydrogens (tertiary/aromatic N) is 1. The zero-order valence-corrected chi connectivity index (χ0v) is 8.48. The second kappa shape index (κ2) is 4.45. The van der Waals surface area contributed by atoms with E-state index in [-0.39, 0.29) is 5.75 Å². The average Bonchev–Trinajstić information content (AvgIpc) is 2.06. The number of thiol groups is 1. The van der Waals surface area contributed by atoms with Crippen molar-refractivity contribution < 1.29 is 13.2 Å². The molecule has 72 valence electrons. The van der Waals surface area contributed by atoms with Crippen LogP contribution < -0.4 is 0 Å². The Bertz CT molecular complexity index is 221. The fourth-order valence-corrected chi connectivity index (χ4v) is 2.96. The van der Waals surface area contributed by atoms with E-state index in [1.807, 2.05) is 0 Å². The van der Waals surface area contributed by atoms with Crippen LogP contribution >= 0.6 is 12.6 Å². The molecule has 0 saturated carbocycles. The summed E-state index contributed by atoms with van der Waals surface area (Å²) in [6.07, 6.45) is 0. The lowest BCUT2D eigenvalue weighted by Gasteiger charge is -2.25. The van der Waals surface area contributed by atoms with E-state index in [9.17, 15) is 8.42 Å². The van der Waals surface area contributed by atoms with Crippen molar-refractivity contribution in [2.24, 2.45) is 0 Å². The Balaban J connectivity index is 2.54. The van der Waals surface area contributed by atoms with Gasteiger partial charge in [-0.3, -0.25) is 0 Å². The summed E-state index contributed by atoms with van der Waals surface area (Å²) in [6.45, 7) is 1.98. The summed E-state index contributed by atoms with van der Waals surface area (Å²) < 4.78 is 29.3. The highest BCUT2D eigenvalue weighted by Crippen LogP contribution is 2.05. The van der Waals surface area contributed by atoms with Gasteiger partial charge in [0.2, 0.25) is 10.0 Å². The van der Waals surface area contributed by atoms with Crippen molar-refractivity contribution in [1.82, 2.24) is 4.31 Å². The first-order chi connectivity index (χ1) is 5.67. The number of sulfonamides is 1. The van der Waals surface area contributed by atoms with Crippen molar-refractivity contribution in [2.45, 2.75) is 0 Å². The highest BCUT2D eigenvalue weighted by Gasteiger charge is 2.22. The Morgan fingerprint density at radius 1 is 1.33 bits per heavy atom. The quantitative estimate of drug-likeness (QED) is 0.645. The first-order valence-electron chi connectivity index (χ1n) is 3.83. The van der Waals surface area contributed by atoms with Crippen LogP contribution in [0.3, 0.4) is 0 Å². The van der Waals surface area contributed by atoms with Crippen LogP contribution in [0.2, 0.25) is 0 Å². The maximum Gasteiger partial charge on any atom is 0.215 e. The molecule has 0 radical (unpaired) electrons. The minimum atomic E-state index is -3.06. The topological polar surface area (TPSA) is 46.6 Å². The van der Waals surface area contributed by atoms with E-state index in [2.05, 4.69) is 12.6 Å².